The lowest BCUT2D eigenvalue weighted by atomic mass is 10.3. The average molecular weight is 189 g/mol. The molecule has 1 aromatic rings. The Morgan fingerprint density at radius 1 is 1.75 bits per heavy atom. The van der Waals surface area contributed by atoms with Crippen molar-refractivity contribution >= 4 is 23.7 Å². The number of carbonyl (C=O) groups excluding carboxylic acids is 1. The van der Waals surface area contributed by atoms with E-state index in [1.807, 2.05) is 0 Å². The fraction of sp³-hybridized carbons (Fsp3) is 0.143. The highest BCUT2D eigenvalue weighted by atomic mass is 35.5. The maximum Gasteiger partial charge on any atom is 0.211 e. The van der Waals surface area contributed by atoms with Crippen molar-refractivity contribution in [1.29, 1.82) is 0 Å². The van der Waals surface area contributed by atoms with Crippen molar-refractivity contribution < 1.29 is 9.18 Å². The van der Waals surface area contributed by atoms with Gasteiger partial charge in [-0.15, -0.1) is 0 Å². The first-order chi connectivity index (χ1) is 5.65. The van der Waals surface area contributed by atoms with E-state index in [2.05, 4.69) is 10.3 Å². The largest absolute Gasteiger partial charge is 0.327 e. The van der Waals surface area contributed by atoms with Crippen LogP contribution in [0.2, 0.25) is 5.15 Å². The predicted octanol–water partition coefficient (Wildman–Crippen LogP) is 1.75. The van der Waals surface area contributed by atoms with Crippen molar-refractivity contribution in [3.63, 3.8) is 0 Å². The third-order valence-electron chi connectivity index (χ3n) is 1.34. The molecular weight excluding hydrogens is 183 g/mol. The van der Waals surface area contributed by atoms with Crippen molar-refractivity contribution in [2.45, 2.75) is 6.92 Å². The number of nitrogens with zero attached hydrogens (tertiary/aromatic N) is 1. The van der Waals surface area contributed by atoms with Crippen LogP contribution in [0.3, 0.4) is 0 Å². The van der Waals surface area contributed by atoms with Crippen LogP contribution in [0.5, 0.6) is 0 Å². The Labute approximate surface area is 73.6 Å². The molecule has 0 fully saturated rings. The first kappa shape index (κ1) is 8.93. The molecule has 0 saturated carbocycles. The topological polar surface area (TPSA) is 42.0 Å². The zero-order valence-electron chi connectivity index (χ0n) is 6.27. The van der Waals surface area contributed by atoms with Crippen molar-refractivity contribution in [1.82, 2.24) is 4.98 Å². The molecule has 1 heterocycles. The van der Waals surface area contributed by atoms with Gasteiger partial charge in [-0.05, 0) is 6.92 Å². The van der Waals surface area contributed by atoms with Gasteiger partial charge in [0.05, 0.1) is 11.4 Å². The number of anilines is 1. The van der Waals surface area contributed by atoms with Gasteiger partial charge in [0.2, 0.25) is 6.41 Å². The molecule has 1 rings (SSSR count). The number of carbonyl (C=O) groups is 1. The van der Waals surface area contributed by atoms with E-state index in [0.717, 1.165) is 6.07 Å². The number of hydrogen-bond donors (Lipinski definition) is 1. The molecule has 0 radical (unpaired) electrons. The molecule has 1 aromatic heterocycles. The molecule has 0 spiro atoms. The van der Waals surface area contributed by atoms with E-state index in [1.165, 1.54) is 0 Å². The molecule has 0 saturated heterocycles. The van der Waals surface area contributed by atoms with Gasteiger partial charge in [-0.1, -0.05) is 11.6 Å². The summed E-state index contributed by atoms with van der Waals surface area (Å²) in [6.45, 7) is 1.62. The van der Waals surface area contributed by atoms with Crippen LogP contribution in [0.15, 0.2) is 6.07 Å². The van der Waals surface area contributed by atoms with E-state index in [-0.39, 0.29) is 5.15 Å². The lowest BCUT2D eigenvalue weighted by Gasteiger charge is -2.03. The minimum atomic E-state index is -0.647. The summed E-state index contributed by atoms with van der Waals surface area (Å²) in [6.07, 6.45) is 0.456. The van der Waals surface area contributed by atoms with Gasteiger partial charge in [-0.2, -0.15) is 0 Å². The summed E-state index contributed by atoms with van der Waals surface area (Å²) in [4.78, 5) is 13.7. The quantitative estimate of drug-likeness (QED) is 0.568. The van der Waals surface area contributed by atoms with Gasteiger partial charge in [0.1, 0.15) is 0 Å². The van der Waals surface area contributed by atoms with E-state index >= 15 is 0 Å². The Morgan fingerprint density at radius 2 is 2.42 bits per heavy atom. The summed E-state index contributed by atoms with van der Waals surface area (Å²) >= 11 is 5.38. The molecule has 1 amide bonds. The van der Waals surface area contributed by atoms with Crippen LogP contribution in [0.1, 0.15) is 5.69 Å². The fourth-order valence-corrected chi connectivity index (χ4v) is 0.943. The van der Waals surface area contributed by atoms with E-state index in [0.29, 0.717) is 17.8 Å². The highest BCUT2D eigenvalue weighted by molar-refractivity contribution is 6.29. The number of pyridine rings is 1. The average Bonchev–Trinajstić information content (AvgIpc) is 2.01. The standard InChI is InChI=1S/C7H6ClFN2O/c1-4-6(10-3-12)2-5(9)7(8)11-4/h2-3H,1H3,(H,10,12). The Balaban J connectivity index is 3.13. The molecule has 12 heavy (non-hydrogen) atoms. The lowest BCUT2D eigenvalue weighted by Crippen LogP contribution is -1.99. The van der Waals surface area contributed by atoms with Gasteiger partial charge < -0.3 is 5.32 Å². The molecule has 0 aliphatic heterocycles. The molecule has 0 bridgehead atoms. The highest BCUT2D eigenvalue weighted by Crippen LogP contribution is 2.18. The molecule has 0 aliphatic carbocycles. The molecule has 0 unspecified atom stereocenters. The Bertz CT molecular complexity index is 317. The summed E-state index contributed by atoms with van der Waals surface area (Å²) in [5, 5.41) is 2.11. The van der Waals surface area contributed by atoms with Gasteiger partial charge in [-0.25, -0.2) is 9.37 Å². The number of amides is 1. The molecule has 0 aromatic carbocycles. The van der Waals surface area contributed by atoms with Gasteiger partial charge >= 0.3 is 0 Å². The third-order valence-corrected chi connectivity index (χ3v) is 1.60. The second-order valence-electron chi connectivity index (χ2n) is 2.16. The minimum Gasteiger partial charge on any atom is -0.327 e. The summed E-state index contributed by atoms with van der Waals surface area (Å²) in [7, 11) is 0. The predicted molar refractivity (Wildman–Crippen MR) is 43.6 cm³/mol. The Hall–Kier alpha value is -1.16. The molecule has 3 nitrogen and oxygen atoms in total. The van der Waals surface area contributed by atoms with E-state index < -0.39 is 5.82 Å². The van der Waals surface area contributed by atoms with Gasteiger partial charge in [0.25, 0.3) is 0 Å². The van der Waals surface area contributed by atoms with Crippen LogP contribution >= 0.6 is 11.6 Å². The van der Waals surface area contributed by atoms with Crippen LogP contribution < -0.4 is 5.32 Å². The molecule has 5 heteroatoms. The van der Waals surface area contributed by atoms with Gasteiger partial charge in [0.15, 0.2) is 11.0 Å². The maximum atomic E-state index is 12.7. The summed E-state index contributed by atoms with van der Waals surface area (Å²) < 4.78 is 12.7. The lowest BCUT2D eigenvalue weighted by molar-refractivity contribution is -0.105. The first-order valence-electron chi connectivity index (χ1n) is 3.18. The van der Waals surface area contributed by atoms with Crippen LogP contribution in [-0.2, 0) is 4.79 Å². The molecule has 1 N–H and O–H groups in total. The van der Waals surface area contributed by atoms with Crippen LogP contribution in [0.25, 0.3) is 0 Å². The third kappa shape index (κ3) is 1.71. The number of aromatic nitrogens is 1. The highest BCUT2D eigenvalue weighted by Gasteiger charge is 2.05. The molecule has 0 aliphatic rings. The molecular formula is C7H6ClFN2O. The van der Waals surface area contributed by atoms with Crippen LogP contribution in [-0.4, -0.2) is 11.4 Å². The monoisotopic (exact) mass is 188 g/mol. The zero-order chi connectivity index (χ0) is 9.14. The number of aryl methyl sites for hydroxylation is 1. The van der Waals surface area contributed by atoms with Crippen LogP contribution in [0.4, 0.5) is 10.1 Å². The number of hydrogen-bond acceptors (Lipinski definition) is 2. The van der Waals surface area contributed by atoms with E-state index in [9.17, 15) is 9.18 Å². The number of halogens is 2. The van der Waals surface area contributed by atoms with Gasteiger partial charge in [-0.3, -0.25) is 4.79 Å². The number of rotatable bonds is 2. The fourth-order valence-electron chi connectivity index (χ4n) is 0.761. The van der Waals surface area contributed by atoms with E-state index in [4.69, 9.17) is 11.6 Å². The van der Waals surface area contributed by atoms with Crippen LogP contribution in [0, 0.1) is 12.7 Å². The SMILES string of the molecule is Cc1nc(Cl)c(F)cc1NC=O. The smallest absolute Gasteiger partial charge is 0.211 e. The van der Waals surface area contributed by atoms with Crippen molar-refractivity contribution in [2.75, 3.05) is 5.32 Å². The van der Waals surface area contributed by atoms with Gasteiger partial charge in [0, 0.05) is 6.07 Å². The summed E-state index contributed by atoms with van der Waals surface area (Å²) in [6, 6.07) is 1.12. The summed E-state index contributed by atoms with van der Waals surface area (Å²) in [5.74, 6) is -0.647. The first-order valence-corrected chi connectivity index (χ1v) is 3.55. The second-order valence-corrected chi connectivity index (χ2v) is 2.51. The Kier molecular flexibility index (Phi) is 2.60. The molecule has 64 valence electrons. The zero-order valence-corrected chi connectivity index (χ0v) is 7.02. The second kappa shape index (κ2) is 3.49. The van der Waals surface area contributed by atoms with Crippen molar-refractivity contribution in [3.8, 4) is 0 Å². The van der Waals surface area contributed by atoms with Crippen molar-refractivity contribution in [3.05, 3.63) is 22.7 Å². The minimum absolute atomic E-state index is 0.191. The normalized spacial score (nSPS) is 9.58. The number of nitrogens with one attached hydrogen (secondary N) is 1. The van der Waals surface area contributed by atoms with E-state index in [1.54, 1.807) is 6.92 Å². The summed E-state index contributed by atoms with van der Waals surface area (Å²) in [5.41, 5.74) is 0.806. The van der Waals surface area contributed by atoms with Crippen molar-refractivity contribution in [2.24, 2.45) is 0 Å². The Morgan fingerprint density at radius 3 is 3.00 bits per heavy atom. The maximum absolute atomic E-state index is 12.7. The molecule has 0 atom stereocenters.